The van der Waals surface area contributed by atoms with Gasteiger partial charge in [-0.25, -0.2) is 4.68 Å². The van der Waals surface area contributed by atoms with Gasteiger partial charge in [0.05, 0.1) is 23.6 Å². The van der Waals surface area contributed by atoms with Gasteiger partial charge in [-0.1, -0.05) is 30.3 Å². The monoisotopic (exact) mass is 454 g/mol. The lowest BCUT2D eigenvalue weighted by molar-refractivity contribution is 0.0729. The van der Waals surface area contributed by atoms with Crippen molar-refractivity contribution in [3.8, 4) is 5.69 Å². The van der Waals surface area contributed by atoms with E-state index in [0.717, 1.165) is 60.7 Å². The second-order valence-corrected chi connectivity index (χ2v) is 9.47. The summed E-state index contributed by atoms with van der Waals surface area (Å²) in [7, 11) is 2.17. The number of aliphatic hydroxyl groups excluding tert-OH is 1. The third-order valence-corrected chi connectivity index (χ3v) is 7.15. The van der Waals surface area contributed by atoms with Gasteiger partial charge in [0, 0.05) is 42.3 Å². The van der Waals surface area contributed by atoms with Crippen molar-refractivity contribution in [3.05, 3.63) is 89.9 Å². The molecule has 1 saturated heterocycles. The Morgan fingerprint density at radius 1 is 1.00 bits per heavy atom. The summed E-state index contributed by atoms with van der Waals surface area (Å²) < 4.78 is 1.86. The van der Waals surface area contributed by atoms with E-state index in [4.69, 9.17) is 5.10 Å². The van der Waals surface area contributed by atoms with Crippen LogP contribution in [0.4, 0.5) is 5.69 Å². The Morgan fingerprint density at radius 2 is 1.79 bits per heavy atom. The Kier molecular flexibility index (Phi) is 5.43. The van der Waals surface area contributed by atoms with Gasteiger partial charge in [0.2, 0.25) is 0 Å². The van der Waals surface area contributed by atoms with E-state index < -0.39 is 6.10 Å². The van der Waals surface area contributed by atoms with Crippen LogP contribution in [0.3, 0.4) is 0 Å². The van der Waals surface area contributed by atoms with E-state index in [1.54, 1.807) is 6.20 Å². The number of likely N-dealkylation sites (tertiary alicyclic amines) is 1. The maximum Gasteiger partial charge on any atom is 0.102 e. The van der Waals surface area contributed by atoms with E-state index >= 15 is 0 Å². The van der Waals surface area contributed by atoms with Crippen molar-refractivity contribution < 1.29 is 5.11 Å². The average Bonchev–Trinajstić information content (AvgIpc) is 3.41. The quantitative estimate of drug-likeness (QED) is 0.656. The van der Waals surface area contributed by atoms with Crippen molar-refractivity contribution in [1.82, 2.24) is 19.7 Å². The molecule has 34 heavy (non-hydrogen) atoms. The third kappa shape index (κ3) is 3.91. The highest BCUT2D eigenvalue weighted by Gasteiger charge is 2.35. The van der Waals surface area contributed by atoms with Gasteiger partial charge in [-0.2, -0.15) is 10.2 Å². The van der Waals surface area contributed by atoms with Crippen molar-refractivity contribution in [2.75, 3.05) is 31.6 Å². The fraction of sp³-hybridized carbons (Fsp3) is 0.333. The van der Waals surface area contributed by atoms with E-state index in [2.05, 4.69) is 81.7 Å². The molecule has 0 radical (unpaired) electrons. The van der Waals surface area contributed by atoms with Crippen LogP contribution in [-0.2, 0) is 6.54 Å². The number of hydrazone groups is 1. The number of benzene rings is 2. The van der Waals surface area contributed by atoms with Crippen LogP contribution in [0.5, 0.6) is 0 Å². The molecular formula is C27H30N6O. The first kappa shape index (κ1) is 21.1. The Bertz CT molecular complexity index is 1210. The first-order valence-corrected chi connectivity index (χ1v) is 12.0. The zero-order chi connectivity index (χ0) is 23.1. The smallest absolute Gasteiger partial charge is 0.102 e. The molecule has 7 heteroatoms. The number of hydrogen-bond donors (Lipinski definition) is 1. The Balaban J connectivity index is 1.29. The molecule has 3 aliphatic heterocycles. The number of fused-ring (bicyclic) bond motifs is 3. The van der Waals surface area contributed by atoms with Crippen molar-refractivity contribution in [3.63, 3.8) is 0 Å². The normalized spacial score (nSPS) is 21.1. The van der Waals surface area contributed by atoms with E-state index in [-0.39, 0.29) is 0 Å². The molecule has 0 bridgehead atoms. The second-order valence-electron chi connectivity index (χ2n) is 9.47. The Labute approximate surface area is 200 Å². The lowest BCUT2D eigenvalue weighted by Crippen LogP contribution is -2.48. The number of nitrogens with zero attached hydrogens (tertiary/aromatic N) is 6. The SMILES string of the molecule is CN1CCC(N2CC(O)C3=CN(Cc4ccc(-n5cccn5)cc4)c4ccccc4C3=N2)CC1. The lowest BCUT2D eigenvalue weighted by atomic mass is 9.91. The molecule has 7 nitrogen and oxygen atoms in total. The second kappa shape index (κ2) is 8.74. The first-order valence-electron chi connectivity index (χ1n) is 12.0. The van der Waals surface area contributed by atoms with Gasteiger partial charge in [0.1, 0.15) is 6.10 Å². The maximum atomic E-state index is 11.2. The molecule has 174 valence electrons. The topological polar surface area (TPSA) is 60.1 Å². The standard InChI is InChI=1S/C27H30N6O/c1-30-15-11-22(12-16-30)33-19-26(34)24-18-31(25-6-3-2-5-23(25)27(24)29-33)17-20-7-9-21(10-8-20)32-14-4-13-28-32/h2-10,13-14,18,22,26,34H,11-12,15-17,19H2,1H3. The predicted octanol–water partition coefficient (Wildman–Crippen LogP) is 3.25. The molecule has 0 aliphatic carbocycles. The molecule has 1 unspecified atom stereocenters. The van der Waals surface area contributed by atoms with Crippen molar-refractivity contribution in [2.45, 2.75) is 31.5 Å². The van der Waals surface area contributed by atoms with E-state index in [1.807, 2.05) is 16.9 Å². The van der Waals surface area contributed by atoms with Crippen LogP contribution in [0.15, 0.2) is 83.9 Å². The average molecular weight is 455 g/mol. The minimum absolute atomic E-state index is 0.387. The van der Waals surface area contributed by atoms with Crippen LogP contribution in [0.1, 0.15) is 24.0 Å². The lowest BCUT2D eigenvalue weighted by Gasteiger charge is -2.42. The van der Waals surface area contributed by atoms with Gasteiger partial charge in [-0.3, -0.25) is 5.01 Å². The molecule has 2 aromatic carbocycles. The van der Waals surface area contributed by atoms with Crippen LogP contribution in [0.2, 0.25) is 0 Å². The molecule has 0 amide bonds. The first-order chi connectivity index (χ1) is 16.7. The third-order valence-electron chi connectivity index (χ3n) is 7.15. The zero-order valence-electron chi connectivity index (χ0n) is 19.5. The van der Waals surface area contributed by atoms with Gasteiger partial charge < -0.3 is 14.9 Å². The molecule has 0 spiro atoms. The summed E-state index contributed by atoms with van der Waals surface area (Å²) in [4.78, 5) is 4.60. The highest BCUT2D eigenvalue weighted by Crippen LogP contribution is 2.35. The van der Waals surface area contributed by atoms with E-state index in [9.17, 15) is 5.11 Å². The summed E-state index contributed by atoms with van der Waals surface area (Å²) >= 11 is 0. The van der Waals surface area contributed by atoms with Gasteiger partial charge in [0.25, 0.3) is 0 Å². The van der Waals surface area contributed by atoms with Crippen LogP contribution >= 0.6 is 0 Å². The van der Waals surface area contributed by atoms with Crippen LogP contribution < -0.4 is 4.90 Å². The molecule has 1 aromatic heterocycles. The fourth-order valence-corrected chi connectivity index (χ4v) is 5.21. The molecule has 3 aromatic rings. The molecular weight excluding hydrogens is 424 g/mol. The van der Waals surface area contributed by atoms with Crippen molar-refractivity contribution in [1.29, 1.82) is 0 Å². The molecule has 0 saturated carbocycles. The van der Waals surface area contributed by atoms with Crippen molar-refractivity contribution in [2.24, 2.45) is 5.10 Å². The molecule has 3 aliphatic rings. The van der Waals surface area contributed by atoms with Gasteiger partial charge in [0.15, 0.2) is 0 Å². The summed E-state index contributed by atoms with van der Waals surface area (Å²) in [5.41, 5.74) is 6.27. The predicted molar refractivity (Wildman–Crippen MR) is 134 cm³/mol. The Morgan fingerprint density at radius 3 is 2.56 bits per heavy atom. The zero-order valence-corrected chi connectivity index (χ0v) is 19.5. The van der Waals surface area contributed by atoms with E-state index in [1.165, 1.54) is 5.56 Å². The fourth-order valence-electron chi connectivity index (χ4n) is 5.21. The number of anilines is 1. The van der Waals surface area contributed by atoms with Crippen LogP contribution in [0.25, 0.3) is 5.69 Å². The summed E-state index contributed by atoms with van der Waals surface area (Å²) in [6, 6.07) is 19.2. The molecule has 1 atom stereocenters. The number of β-amino-alcohol motifs (C(OH)–C–C–N with tert-alkyl or cyclic N) is 1. The van der Waals surface area contributed by atoms with Gasteiger partial charge >= 0.3 is 0 Å². The molecule has 6 rings (SSSR count). The number of para-hydroxylation sites is 1. The number of hydrogen-bond acceptors (Lipinski definition) is 6. The highest BCUT2D eigenvalue weighted by atomic mass is 16.3. The van der Waals surface area contributed by atoms with E-state index in [0.29, 0.717) is 12.6 Å². The van der Waals surface area contributed by atoms with Gasteiger partial charge in [-0.15, -0.1) is 0 Å². The van der Waals surface area contributed by atoms with Crippen molar-refractivity contribution >= 4 is 11.4 Å². The summed E-state index contributed by atoms with van der Waals surface area (Å²) in [5.74, 6) is 0. The summed E-state index contributed by atoms with van der Waals surface area (Å²) in [6.07, 6.45) is 7.44. The molecule has 4 heterocycles. The number of aliphatic hydroxyl groups is 1. The number of piperidine rings is 1. The minimum atomic E-state index is -0.551. The largest absolute Gasteiger partial charge is 0.386 e. The summed E-state index contributed by atoms with van der Waals surface area (Å²) in [6.45, 7) is 3.43. The highest BCUT2D eigenvalue weighted by molar-refractivity contribution is 6.18. The number of aromatic nitrogens is 2. The van der Waals surface area contributed by atoms with Gasteiger partial charge in [-0.05, 0) is 62.8 Å². The maximum absolute atomic E-state index is 11.2. The molecule has 1 fully saturated rings. The van der Waals surface area contributed by atoms with Crippen LogP contribution in [-0.4, -0.2) is 69.3 Å². The molecule has 1 N–H and O–H groups in total. The number of rotatable bonds is 4. The summed E-state index contributed by atoms with van der Waals surface area (Å²) in [5, 5.41) is 22.7. The minimum Gasteiger partial charge on any atom is -0.386 e. The van der Waals surface area contributed by atoms with Crippen LogP contribution in [0, 0.1) is 0 Å². The Hall–Kier alpha value is -3.42.